The maximum Gasteiger partial charge on any atom is 0.407 e. The van der Waals surface area contributed by atoms with Crippen molar-refractivity contribution in [3.05, 3.63) is 53.6 Å². The van der Waals surface area contributed by atoms with Crippen LogP contribution in [0.2, 0.25) is 0 Å². The summed E-state index contributed by atoms with van der Waals surface area (Å²) < 4.78 is 5.09. The van der Waals surface area contributed by atoms with E-state index in [-0.39, 0.29) is 42.5 Å². The van der Waals surface area contributed by atoms with E-state index in [2.05, 4.69) is 16.0 Å². The van der Waals surface area contributed by atoms with Gasteiger partial charge in [-0.2, -0.15) is 0 Å². The zero-order chi connectivity index (χ0) is 23.0. The lowest BCUT2D eigenvalue weighted by Gasteiger charge is -2.19. The van der Waals surface area contributed by atoms with Crippen molar-refractivity contribution in [2.45, 2.75) is 39.3 Å². The van der Waals surface area contributed by atoms with E-state index >= 15 is 0 Å². The Morgan fingerprint density at radius 2 is 1.55 bits per heavy atom. The summed E-state index contributed by atoms with van der Waals surface area (Å²) in [5.41, 5.74) is 0.914. The third-order valence-electron chi connectivity index (χ3n) is 3.88. The quantitative estimate of drug-likeness (QED) is 0.459. The minimum atomic E-state index is -0.599. The second-order valence-electron chi connectivity index (χ2n) is 7.84. The number of amides is 3. The molecule has 9 nitrogen and oxygen atoms in total. The monoisotopic (exact) mass is 429 g/mol. The standard InChI is InChI=1S/C22H27N3O6/c1-22(2,3)31-21(30)23-9-8-19(28)25-16-6-4-14(5-7-16)13-24-20(29)15-10-17(26)12-18(27)11-15/h4-7,10-12,26-27H,8-9,13H2,1-3H3,(H,23,30)(H,24,29)(H,25,28). The average Bonchev–Trinajstić information content (AvgIpc) is 2.65. The van der Waals surface area contributed by atoms with Crippen LogP contribution in [0.15, 0.2) is 42.5 Å². The molecule has 0 atom stereocenters. The van der Waals surface area contributed by atoms with Gasteiger partial charge >= 0.3 is 6.09 Å². The Balaban J connectivity index is 1.76. The Morgan fingerprint density at radius 1 is 0.935 bits per heavy atom. The van der Waals surface area contributed by atoms with Gasteiger partial charge in [0.05, 0.1) is 0 Å². The van der Waals surface area contributed by atoms with Crippen molar-refractivity contribution in [3.63, 3.8) is 0 Å². The van der Waals surface area contributed by atoms with E-state index in [0.29, 0.717) is 5.69 Å². The van der Waals surface area contributed by atoms with Crippen LogP contribution in [0.5, 0.6) is 11.5 Å². The molecule has 0 radical (unpaired) electrons. The van der Waals surface area contributed by atoms with Crippen LogP contribution >= 0.6 is 0 Å². The number of alkyl carbamates (subject to hydrolysis) is 1. The molecule has 166 valence electrons. The third-order valence-corrected chi connectivity index (χ3v) is 3.88. The Kier molecular flexibility index (Phi) is 7.84. The van der Waals surface area contributed by atoms with Crippen molar-refractivity contribution in [3.8, 4) is 11.5 Å². The molecule has 3 amide bonds. The minimum Gasteiger partial charge on any atom is -0.508 e. The fourth-order valence-corrected chi connectivity index (χ4v) is 2.53. The fourth-order valence-electron chi connectivity index (χ4n) is 2.53. The van der Waals surface area contributed by atoms with E-state index in [9.17, 15) is 24.6 Å². The molecule has 2 aromatic rings. The molecule has 9 heteroatoms. The maximum atomic E-state index is 12.1. The van der Waals surface area contributed by atoms with Gasteiger partial charge in [-0.15, -0.1) is 0 Å². The van der Waals surface area contributed by atoms with Crippen LogP contribution in [-0.2, 0) is 16.1 Å². The predicted molar refractivity (Wildman–Crippen MR) is 115 cm³/mol. The van der Waals surface area contributed by atoms with Crippen LogP contribution in [0, 0.1) is 0 Å². The summed E-state index contributed by atoms with van der Waals surface area (Å²) in [6.45, 7) is 5.64. The molecule has 0 fully saturated rings. The average molecular weight is 429 g/mol. The number of rotatable bonds is 7. The highest BCUT2D eigenvalue weighted by molar-refractivity contribution is 5.95. The third kappa shape index (κ3) is 8.65. The molecule has 0 aliphatic carbocycles. The number of hydrogen-bond acceptors (Lipinski definition) is 6. The molecule has 0 saturated carbocycles. The van der Waals surface area contributed by atoms with Crippen molar-refractivity contribution in [2.75, 3.05) is 11.9 Å². The predicted octanol–water partition coefficient (Wildman–Crippen LogP) is 2.88. The van der Waals surface area contributed by atoms with Gasteiger partial charge in [-0.3, -0.25) is 9.59 Å². The first-order chi connectivity index (χ1) is 14.5. The van der Waals surface area contributed by atoms with Crippen molar-refractivity contribution < 1.29 is 29.3 Å². The summed E-state index contributed by atoms with van der Waals surface area (Å²) in [6.07, 6.45) is -0.485. The molecule has 0 aliphatic heterocycles. The molecule has 0 aliphatic rings. The molecular weight excluding hydrogens is 402 g/mol. The molecular formula is C22H27N3O6. The smallest absolute Gasteiger partial charge is 0.407 e. The van der Waals surface area contributed by atoms with E-state index in [0.717, 1.165) is 11.6 Å². The number of carbonyl (C=O) groups excluding carboxylic acids is 3. The zero-order valence-electron chi connectivity index (χ0n) is 17.7. The lowest BCUT2D eigenvalue weighted by molar-refractivity contribution is -0.116. The summed E-state index contributed by atoms with van der Waals surface area (Å²) in [5.74, 6) is -1.11. The van der Waals surface area contributed by atoms with Crippen LogP contribution < -0.4 is 16.0 Å². The van der Waals surface area contributed by atoms with Crippen LogP contribution in [0.4, 0.5) is 10.5 Å². The van der Waals surface area contributed by atoms with Gasteiger partial charge in [0.25, 0.3) is 5.91 Å². The topological polar surface area (TPSA) is 137 Å². The van der Waals surface area contributed by atoms with E-state index < -0.39 is 17.6 Å². The maximum absolute atomic E-state index is 12.1. The number of hydrogen-bond donors (Lipinski definition) is 5. The van der Waals surface area contributed by atoms with Gasteiger partial charge < -0.3 is 30.9 Å². The van der Waals surface area contributed by atoms with Gasteiger partial charge in [0.1, 0.15) is 17.1 Å². The second kappa shape index (κ2) is 10.3. The molecule has 0 spiro atoms. The van der Waals surface area contributed by atoms with Crippen LogP contribution in [-0.4, -0.2) is 40.3 Å². The highest BCUT2D eigenvalue weighted by Gasteiger charge is 2.16. The molecule has 2 aromatic carbocycles. The van der Waals surface area contributed by atoms with E-state index in [1.165, 1.54) is 12.1 Å². The van der Waals surface area contributed by atoms with Crippen LogP contribution in [0.1, 0.15) is 43.1 Å². The summed E-state index contributed by atoms with van der Waals surface area (Å²) in [5, 5.41) is 26.8. The first kappa shape index (κ1) is 23.5. The van der Waals surface area contributed by atoms with Gasteiger partial charge in [0.2, 0.25) is 5.91 Å². The fraction of sp³-hybridized carbons (Fsp3) is 0.318. The number of ether oxygens (including phenoxy) is 1. The van der Waals surface area contributed by atoms with E-state index in [1.807, 2.05) is 0 Å². The number of anilines is 1. The largest absolute Gasteiger partial charge is 0.508 e. The molecule has 31 heavy (non-hydrogen) atoms. The van der Waals surface area contributed by atoms with E-state index in [1.54, 1.807) is 45.0 Å². The number of phenolic OH excluding ortho intramolecular Hbond substituents is 2. The van der Waals surface area contributed by atoms with Crippen molar-refractivity contribution in [1.29, 1.82) is 0 Å². The van der Waals surface area contributed by atoms with Gasteiger partial charge in [-0.1, -0.05) is 12.1 Å². The molecule has 0 bridgehead atoms. The van der Waals surface area contributed by atoms with Gasteiger partial charge in [0.15, 0.2) is 0 Å². The van der Waals surface area contributed by atoms with Crippen LogP contribution in [0.25, 0.3) is 0 Å². The minimum absolute atomic E-state index is 0.0911. The molecule has 0 aromatic heterocycles. The number of carbonyl (C=O) groups is 3. The van der Waals surface area contributed by atoms with Crippen molar-refractivity contribution in [2.24, 2.45) is 0 Å². The Labute approximate surface area is 180 Å². The molecule has 0 saturated heterocycles. The lowest BCUT2D eigenvalue weighted by atomic mass is 10.1. The highest BCUT2D eigenvalue weighted by Crippen LogP contribution is 2.20. The van der Waals surface area contributed by atoms with Gasteiger partial charge in [-0.25, -0.2) is 4.79 Å². The van der Waals surface area contributed by atoms with Crippen LogP contribution in [0.3, 0.4) is 0 Å². The summed E-state index contributed by atoms with van der Waals surface area (Å²) in [4.78, 5) is 35.7. The molecule has 0 unspecified atom stereocenters. The molecule has 5 N–H and O–H groups in total. The normalized spacial score (nSPS) is 10.8. The Bertz CT molecular complexity index is 915. The van der Waals surface area contributed by atoms with E-state index in [4.69, 9.17) is 4.74 Å². The lowest BCUT2D eigenvalue weighted by Crippen LogP contribution is -2.34. The first-order valence-electron chi connectivity index (χ1n) is 9.69. The highest BCUT2D eigenvalue weighted by atomic mass is 16.6. The molecule has 2 rings (SSSR count). The number of nitrogens with one attached hydrogen (secondary N) is 3. The SMILES string of the molecule is CC(C)(C)OC(=O)NCCC(=O)Nc1ccc(CNC(=O)c2cc(O)cc(O)c2)cc1. The van der Waals surface area contributed by atoms with Crippen molar-refractivity contribution in [1.82, 2.24) is 10.6 Å². The molecule has 0 heterocycles. The van der Waals surface area contributed by atoms with Crippen molar-refractivity contribution >= 4 is 23.6 Å². The number of benzene rings is 2. The Hall–Kier alpha value is -3.75. The summed E-state index contributed by atoms with van der Waals surface area (Å²) >= 11 is 0. The number of phenols is 2. The second-order valence-corrected chi connectivity index (χ2v) is 7.84. The summed E-state index contributed by atoms with van der Waals surface area (Å²) in [7, 11) is 0. The van der Waals surface area contributed by atoms with Gasteiger partial charge in [-0.05, 0) is 50.6 Å². The Morgan fingerprint density at radius 3 is 2.13 bits per heavy atom. The number of aromatic hydroxyl groups is 2. The van der Waals surface area contributed by atoms with Gasteiger partial charge in [0, 0.05) is 36.8 Å². The summed E-state index contributed by atoms with van der Waals surface area (Å²) in [6, 6.07) is 10.5. The zero-order valence-corrected chi connectivity index (χ0v) is 17.7. The first-order valence-corrected chi connectivity index (χ1v) is 9.69.